The molecule has 0 spiro atoms. The summed E-state index contributed by atoms with van der Waals surface area (Å²) in [6.07, 6.45) is 2.27. The van der Waals surface area contributed by atoms with E-state index < -0.39 is 12.3 Å². The zero-order chi connectivity index (χ0) is 17.6. The van der Waals surface area contributed by atoms with Crippen molar-refractivity contribution in [1.82, 2.24) is 15.2 Å². The van der Waals surface area contributed by atoms with Crippen molar-refractivity contribution in [3.05, 3.63) is 54.2 Å². The highest BCUT2D eigenvalue weighted by molar-refractivity contribution is 5.68. The van der Waals surface area contributed by atoms with Gasteiger partial charge in [0.25, 0.3) is 0 Å². The van der Waals surface area contributed by atoms with Crippen molar-refractivity contribution < 1.29 is 18.7 Å². The second-order valence-electron chi connectivity index (χ2n) is 6.02. The van der Waals surface area contributed by atoms with Crippen molar-refractivity contribution in [2.45, 2.75) is 31.7 Å². The van der Waals surface area contributed by atoms with Crippen LogP contribution in [0.4, 0.5) is 4.79 Å². The van der Waals surface area contributed by atoms with E-state index in [0.29, 0.717) is 13.1 Å². The maximum Gasteiger partial charge on any atom is 0.412 e. The van der Waals surface area contributed by atoms with Crippen molar-refractivity contribution in [1.29, 1.82) is 0 Å². The molecular formula is C18H23N3O4. The van der Waals surface area contributed by atoms with Gasteiger partial charge in [0, 0.05) is 20.2 Å². The molecule has 0 saturated carbocycles. The van der Waals surface area contributed by atoms with Gasteiger partial charge in [-0.2, -0.15) is 0 Å². The van der Waals surface area contributed by atoms with Crippen LogP contribution in [0.1, 0.15) is 24.2 Å². The highest BCUT2D eigenvalue weighted by Crippen LogP contribution is 2.28. The molecule has 0 radical (unpaired) electrons. The quantitative estimate of drug-likeness (QED) is 0.810. The molecule has 3 rings (SSSR count). The molecule has 2 aromatic rings. The number of benzene rings is 1. The number of amides is 1. The maximum absolute atomic E-state index is 12.8. The van der Waals surface area contributed by atoms with Crippen molar-refractivity contribution in [2.75, 3.05) is 20.2 Å². The average Bonchev–Trinajstić information content (AvgIpc) is 3.32. The van der Waals surface area contributed by atoms with Gasteiger partial charge in [-0.3, -0.25) is 4.90 Å². The molecule has 1 saturated heterocycles. The molecule has 0 aliphatic carbocycles. The molecule has 1 aromatic heterocycles. The monoisotopic (exact) mass is 345 g/mol. The summed E-state index contributed by atoms with van der Waals surface area (Å²) in [7, 11) is 1.58. The molecule has 1 aliphatic heterocycles. The number of ether oxygens (including phenoxy) is 2. The first kappa shape index (κ1) is 17.4. The van der Waals surface area contributed by atoms with E-state index in [1.54, 1.807) is 18.2 Å². The van der Waals surface area contributed by atoms with Crippen LogP contribution in [0.2, 0.25) is 0 Å². The van der Waals surface area contributed by atoms with Gasteiger partial charge in [0.1, 0.15) is 18.6 Å². The number of hydrogen-bond donors (Lipinski definition) is 1. The minimum Gasteiger partial charge on any atom is -0.448 e. The first-order chi connectivity index (χ1) is 12.2. The Balaban J connectivity index is 1.73. The molecule has 1 fully saturated rings. The third-order valence-corrected chi connectivity index (χ3v) is 4.51. The van der Waals surface area contributed by atoms with Gasteiger partial charge < -0.3 is 19.2 Å². The maximum atomic E-state index is 12.8. The van der Waals surface area contributed by atoms with Crippen molar-refractivity contribution in [3.8, 4) is 0 Å². The molecular weight excluding hydrogens is 322 g/mol. The molecule has 2 heterocycles. The summed E-state index contributed by atoms with van der Waals surface area (Å²) in [5, 5.41) is 3.31. The van der Waals surface area contributed by atoms with Crippen LogP contribution in [-0.2, 0) is 16.1 Å². The van der Waals surface area contributed by atoms with Gasteiger partial charge >= 0.3 is 6.09 Å². The van der Waals surface area contributed by atoms with Crippen LogP contribution < -0.4 is 5.32 Å². The SMILES string of the molecule is COC(C)N(C(=O)OCc1ccccc1)C1CNCC1c1cnco1. The molecule has 7 heteroatoms. The number of nitrogens with one attached hydrogen (secondary N) is 1. The van der Waals surface area contributed by atoms with Gasteiger partial charge in [-0.15, -0.1) is 0 Å². The van der Waals surface area contributed by atoms with Crippen molar-refractivity contribution in [3.63, 3.8) is 0 Å². The fourth-order valence-corrected chi connectivity index (χ4v) is 3.12. The third kappa shape index (κ3) is 4.00. The lowest BCUT2D eigenvalue weighted by atomic mass is 10.00. The largest absolute Gasteiger partial charge is 0.448 e. The normalized spacial score (nSPS) is 21.0. The Morgan fingerprint density at radius 1 is 1.40 bits per heavy atom. The van der Waals surface area contributed by atoms with Crippen LogP contribution >= 0.6 is 0 Å². The fourth-order valence-electron chi connectivity index (χ4n) is 3.12. The second kappa shape index (κ2) is 8.13. The van der Waals surface area contributed by atoms with Crippen LogP contribution in [0.5, 0.6) is 0 Å². The molecule has 3 atom stereocenters. The first-order valence-electron chi connectivity index (χ1n) is 8.31. The van der Waals surface area contributed by atoms with E-state index in [2.05, 4.69) is 10.3 Å². The summed E-state index contributed by atoms with van der Waals surface area (Å²) >= 11 is 0. The number of rotatable bonds is 6. The number of methoxy groups -OCH3 is 1. The third-order valence-electron chi connectivity index (χ3n) is 4.51. The molecule has 3 unspecified atom stereocenters. The number of nitrogens with zero attached hydrogens (tertiary/aromatic N) is 2. The number of hydrogen-bond acceptors (Lipinski definition) is 6. The molecule has 1 aliphatic rings. The smallest absolute Gasteiger partial charge is 0.412 e. The number of oxazole rings is 1. The Kier molecular flexibility index (Phi) is 5.67. The van der Waals surface area contributed by atoms with Crippen LogP contribution in [0.3, 0.4) is 0 Å². The average molecular weight is 345 g/mol. The van der Waals surface area contributed by atoms with E-state index in [1.165, 1.54) is 6.39 Å². The van der Waals surface area contributed by atoms with Crippen LogP contribution in [0.15, 0.2) is 47.3 Å². The Hall–Kier alpha value is -2.38. The molecule has 134 valence electrons. The number of aromatic nitrogens is 1. The highest BCUT2D eigenvalue weighted by atomic mass is 16.6. The van der Waals surface area contributed by atoms with Crippen LogP contribution in [0.25, 0.3) is 0 Å². The summed E-state index contributed by atoms with van der Waals surface area (Å²) < 4.78 is 16.4. The molecule has 1 N–H and O–H groups in total. The predicted octanol–water partition coefficient (Wildman–Crippen LogP) is 2.36. The van der Waals surface area contributed by atoms with Gasteiger partial charge in [-0.25, -0.2) is 9.78 Å². The molecule has 1 aromatic carbocycles. The van der Waals surface area contributed by atoms with E-state index in [-0.39, 0.29) is 18.6 Å². The van der Waals surface area contributed by atoms with Gasteiger partial charge in [-0.1, -0.05) is 30.3 Å². The minimum atomic E-state index is -0.418. The van der Waals surface area contributed by atoms with E-state index in [9.17, 15) is 4.79 Å². The Morgan fingerprint density at radius 3 is 2.88 bits per heavy atom. The summed E-state index contributed by atoms with van der Waals surface area (Å²) in [5.41, 5.74) is 0.942. The standard InChI is InChI=1S/C18H23N3O4/c1-13(23-2)21(18(22)24-11-14-6-4-3-5-7-14)16-9-19-8-15(16)17-10-20-12-25-17/h3-7,10,12-13,15-16,19H,8-9,11H2,1-2H3. The lowest BCUT2D eigenvalue weighted by Crippen LogP contribution is -2.50. The summed E-state index contributed by atoms with van der Waals surface area (Å²) in [5.74, 6) is 0.753. The molecule has 7 nitrogen and oxygen atoms in total. The van der Waals surface area contributed by atoms with Gasteiger partial charge in [0.05, 0.1) is 18.2 Å². The zero-order valence-corrected chi connectivity index (χ0v) is 14.4. The molecule has 25 heavy (non-hydrogen) atoms. The Bertz CT molecular complexity index is 662. The van der Waals surface area contributed by atoms with Crippen molar-refractivity contribution >= 4 is 6.09 Å². The van der Waals surface area contributed by atoms with Gasteiger partial charge in [-0.05, 0) is 12.5 Å². The van der Waals surface area contributed by atoms with Gasteiger partial charge in [0.2, 0.25) is 0 Å². The molecule has 0 bridgehead atoms. The highest BCUT2D eigenvalue weighted by Gasteiger charge is 2.40. The fraction of sp³-hybridized carbons (Fsp3) is 0.444. The first-order valence-corrected chi connectivity index (χ1v) is 8.31. The summed E-state index contributed by atoms with van der Waals surface area (Å²) in [6.45, 7) is 3.40. The zero-order valence-electron chi connectivity index (χ0n) is 14.4. The number of carbonyl (C=O) groups excluding carboxylic acids is 1. The topological polar surface area (TPSA) is 76.8 Å². The Labute approximate surface area is 146 Å². The van der Waals surface area contributed by atoms with E-state index in [0.717, 1.165) is 11.3 Å². The minimum absolute atomic E-state index is 0.00405. The van der Waals surface area contributed by atoms with Crippen LogP contribution in [-0.4, -0.2) is 48.4 Å². The lowest BCUT2D eigenvalue weighted by Gasteiger charge is -2.34. The molecule has 1 amide bonds. The summed E-state index contributed by atoms with van der Waals surface area (Å²) in [6, 6.07) is 9.47. The predicted molar refractivity (Wildman–Crippen MR) is 90.8 cm³/mol. The Morgan fingerprint density at radius 2 is 2.20 bits per heavy atom. The van der Waals surface area contributed by atoms with E-state index >= 15 is 0 Å². The van der Waals surface area contributed by atoms with Crippen molar-refractivity contribution in [2.24, 2.45) is 0 Å². The van der Waals surface area contributed by atoms with Crippen LogP contribution in [0, 0.1) is 0 Å². The number of carbonyl (C=O) groups is 1. The van der Waals surface area contributed by atoms with Gasteiger partial charge in [0.15, 0.2) is 6.39 Å². The van der Waals surface area contributed by atoms with E-state index in [1.807, 2.05) is 37.3 Å². The van der Waals surface area contributed by atoms with E-state index in [4.69, 9.17) is 13.9 Å². The summed E-state index contributed by atoms with van der Waals surface area (Å²) in [4.78, 5) is 18.4. The lowest BCUT2D eigenvalue weighted by molar-refractivity contribution is -0.0399. The second-order valence-corrected chi connectivity index (χ2v) is 6.02.